The largest absolute Gasteiger partial charge is 0.508 e. The van der Waals surface area contributed by atoms with Crippen molar-refractivity contribution in [2.24, 2.45) is 0 Å². The van der Waals surface area contributed by atoms with Crippen LogP contribution < -0.4 is 5.32 Å². The lowest BCUT2D eigenvalue weighted by atomic mass is 10.1. The highest BCUT2D eigenvalue weighted by Crippen LogP contribution is 2.11. The predicted molar refractivity (Wildman–Crippen MR) is 76.0 cm³/mol. The van der Waals surface area contributed by atoms with Crippen molar-refractivity contribution in [3.05, 3.63) is 47.8 Å². The normalized spacial score (nSPS) is 11.7. The first-order chi connectivity index (χ1) is 8.92. The summed E-state index contributed by atoms with van der Waals surface area (Å²) < 4.78 is 1.91. The third-order valence-electron chi connectivity index (χ3n) is 2.78. The summed E-state index contributed by atoms with van der Waals surface area (Å²) in [7, 11) is 0. The van der Waals surface area contributed by atoms with E-state index in [1.54, 1.807) is 12.1 Å². The third kappa shape index (κ3) is 4.41. The van der Waals surface area contributed by atoms with Gasteiger partial charge in [-0.3, -0.25) is 4.68 Å². The number of aromatic nitrogens is 2. The lowest BCUT2D eigenvalue weighted by molar-refractivity contribution is 0.419. The van der Waals surface area contributed by atoms with Gasteiger partial charge in [0.2, 0.25) is 0 Å². The lowest BCUT2D eigenvalue weighted by Crippen LogP contribution is -2.35. The summed E-state index contributed by atoms with van der Waals surface area (Å²) in [5, 5.41) is 17.2. The van der Waals surface area contributed by atoms with Crippen LogP contribution in [0.5, 0.6) is 5.75 Å². The van der Waals surface area contributed by atoms with Crippen LogP contribution in [0, 0.1) is 0 Å². The molecule has 0 unspecified atom stereocenters. The molecule has 2 aromatic rings. The highest BCUT2D eigenvalue weighted by molar-refractivity contribution is 5.26. The molecule has 102 valence electrons. The first-order valence-electron chi connectivity index (χ1n) is 6.48. The van der Waals surface area contributed by atoms with E-state index in [9.17, 15) is 5.11 Å². The maximum atomic E-state index is 9.24. The first kappa shape index (κ1) is 13.6. The molecule has 0 saturated heterocycles. The molecule has 1 heterocycles. The first-order valence-corrected chi connectivity index (χ1v) is 6.48. The van der Waals surface area contributed by atoms with E-state index in [1.807, 2.05) is 29.1 Å². The van der Waals surface area contributed by atoms with E-state index in [0.717, 1.165) is 24.3 Å². The van der Waals surface area contributed by atoms with Crippen molar-refractivity contribution < 1.29 is 5.11 Å². The van der Waals surface area contributed by atoms with Gasteiger partial charge in [0.05, 0.1) is 12.2 Å². The van der Waals surface area contributed by atoms with Gasteiger partial charge in [0.1, 0.15) is 5.75 Å². The molecule has 4 nitrogen and oxygen atoms in total. The number of rotatable bonds is 4. The van der Waals surface area contributed by atoms with Crippen LogP contribution in [0.3, 0.4) is 0 Å². The van der Waals surface area contributed by atoms with Gasteiger partial charge in [-0.05, 0) is 44.5 Å². The van der Waals surface area contributed by atoms with Gasteiger partial charge in [-0.15, -0.1) is 0 Å². The fraction of sp³-hybridized carbons (Fsp3) is 0.400. The van der Waals surface area contributed by atoms with Gasteiger partial charge in [0, 0.05) is 18.3 Å². The number of aromatic hydroxyl groups is 1. The number of phenols is 1. The second kappa shape index (κ2) is 5.45. The lowest BCUT2D eigenvalue weighted by Gasteiger charge is -2.19. The molecule has 0 aliphatic carbocycles. The number of hydrogen-bond donors (Lipinski definition) is 2. The van der Waals surface area contributed by atoms with E-state index < -0.39 is 0 Å². The molecule has 1 aromatic carbocycles. The van der Waals surface area contributed by atoms with E-state index in [1.165, 1.54) is 0 Å². The number of hydrogen-bond acceptors (Lipinski definition) is 3. The van der Waals surface area contributed by atoms with Crippen LogP contribution in [0.4, 0.5) is 0 Å². The second-order valence-electron chi connectivity index (χ2n) is 5.77. The highest BCUT2D eigenvalue weighted by Gasteiger charge is 2.09. The molecule has 0 spiro atoms. The highest BCUT2D eigenvalue weighted by atomic mass is 16.3. The Bertz CT molecular complexity index is 523. The Kier molecular flexibility index (Phi) is 3.90. The maximum absolute atomic E-state index is 9.24. The quantitative estimate of drug-likeness (QED) is 0.887. The fourth-order valence-electron chi connectivity index (χ4n) is 1.73. The average molecular weight is 259 g/mol. The van der Waals surface area contributed by atoms with Crippen LogP contribution in [0.1, 0.15) is 32.0 Å². The van der Waals surface area contributed by atoms with E-state index >= 15 is 0 Å². The standard InChI is InChI=1S/C15H21N3O/c1-15(2,3)16-10-13-8-9-18(17-13)11-12-4-6-14(19)7-5-12/h4-9,16,19H,10-11H2,1-3H3. The van der Waals surface area contributed by atoms with Crippen molar-refractivity contribution in [3.63, 3.8) is 0 Å². The Hall–Kier alpha value is -1.81. The molecule has 0 bridgehead atoms. The van der Waals surface area contributed by atoms with Gasteiger partial charge >= 0.3 is 0 Å². The summed E-state index contributed by atoms with van der Waals surface area (Å²) in [6.07, 6.45) is 1.98. The van der Waals surface area contributed by atoms with Crippen molar-refractivity contribution >= 4 is 0 Å². The van der Waals surface area contributed by atoms with Crippen molar-refractivity contribution in [2.45, 2.75) is 39.4 Å². The number of benzene rings is 1. The molecular weight excluding hydrogens is 238 g/mol. The second-order valence-corrected chi connectivity index (χ2v) is 5.77. The summed E-state index contributed by atoms with van der Waals surface area (Å²) >= 11 is 0. The van der Waals surface area contributed by atoms with Crippen LogP contribution in [0.15, 0.2) is 36.5 Å². The molecule has 2 N–H and O–H groups in total. The Labute approximate surface area is 114 Å². The monoisotopic (exact) mass is 259 g/mol. The van der Waals surface area contributed by atoms with Crippen molar-refractivity contribution in [2.75, 3.05) is 0 Å². The van der Waals surface area contributed by atoms with Crippen molar-refractivity contribution in [1.82, 2.24) is 15.1 Å². The van der Waals surface area contributed by atoms with Crippen LogP contribution in [-0.2, 0) is 13.1 Å². The minimum Gasteiger partial charge on any atom is -0.508 e. The molecular formula is C15H21N3O. The molecule has 0 aliphatic heterocycles. The number of nitrogens with one attached hydrogen (secondary N) is 1. The van der Waals surface area contributed by atoms with Crippen molar-refractivity contribution in [1.29, 1.82) is 0 Å². The van der Waals surface area contributed by atoms with E-state index in [0.29, 0.717) is 5.75 Å². The van der Waals surface area contributed by atoms with Crippen LogP contribution in [-0.4, -0.2) is 20.4 Å². The summed E-state index contributed by atoms with van der Waals surface area (Å²) in [4.78, 5) is 0. The smallest absolute Gasteiger partial charge is 0.115 e. The molecule has 0 amide bonds. The maximum Gasteiger partial charge on any atom is 0.115 e. The molecule has 0 saturated carbocycles. The Balaban J connectivity index is 1.95. The molecule has 0 radical (unpaired) electrons. The summed E-state index contributed by atoms with van der Waals surface area (Å²) in [6.45, 7) is 7.91. The Morgan fingerprint density at radius 3 is 2.47 bits per heavy atom. The zero-order valence-electron chi connectivity index (χ0n) is 11.7. The minimum atomic E-state index is 0.0980. The topological polar surface area (TPSA) is 50.1 Å². The van der Waals surface area contributed by atoms with Crippen LogP contribution >= 0.6 is 0 Å². The van der Waals surface area contributed by atoms with E-state index in [4.69, 9.17) is 0 Å². The van der Waals surface area contributed by atoms with Gasteiger partial charge in [-0.1, -0.05) is 12.1 Å². The Morgan fingerprint density at radius 1 is 1.16 bits per heavy atom. The SMILES string of the molecule is CC(C)(C)NCc1ccn(Cc2ccc(O)cc2)n1. The molecule has 2 rings (SSSR count). The molecule has 0 aliphatic rings. The van der Waals surface area contributed by atoms with Crippen LogP contribution in [0.25, 0.3) is 0 Å². The molecule has 1 aromatic heterocycles. The molecule has 4 heteroatoms. The van der Waals surface area contributed by atoms with Gasteiger partial charge in [0.25, 0.3) is 0 Å². The average Bonchev–Trinajstić information content (AvgIpc) is 2.77. The summed E-state index contributed by atoms with van der Waals surface area (Å²) in [5.41, 5.74) is 2.26. The van der Waals surface area contributed by atoms with E-state index in [2.05, 4.69) is 31.2 Å². The van der Waals surface area contributed by atoms with E-state index in [-0.39, 0.29) is 5.54 Å². The van der Waals surface area contributed by atoms with Gasteiger partial charge in [-0.25, -0.2) is 0 Å². The zero-order valence-corrected chi connectivity index (χ0v) is 11.7. The van der Waals surface area contributed by atoms with Gasteiger partial charge in [-0.2, -0.15) is 5.10 Å². The molecule has 0 fully saturated rings. The molecule has 19 heavy (non-hydrogen) atoms. The summed E-state index contributed by atoms with van der Waals surface area (Å²) in [6, 6.07) is 9.23. The Morgan fingerprint density at radius 2 is 1.84 bits per heavy atom. The number of nitrogens with zero attached hydrogens (tertiary/aromatic N) is 2. The van der Waals surface area contributed by atoms with Crippen molar-refractivity contribution in [3.8, 4) is 5.75 Å². The third-order valence-corrected chi connectivity index (χ3v) is 2.78. The minimum absolute atomic E-state index is 0.0980. The zero-order chi connectivity index (χ0) is 13.9. The van der Waals surface area contributed by atoms with Gasteiger partial charge in [0.15, 0.2) is 0 Å². The summed E-state index contributed by atoms with van der Waals surface area (Å²) in [5.74, 6) is 0.291. The van der Waals surface area contributed by atoms with Crippen LogP contribution in [0.2, 0.25) is 0 Å². The predicted octanol–water partition coefficient (Wildman–Crippen LogP) is 2.53. The molecule has 0 atom stereocenters. The van der Waals surface area contributed by atoms with Gasteiger partial charge < -0.3 is 10.4 Å². The number of phenolic OH excluding ortho intramolecular Hbond substituents is 1. The fourth-order valence-corrected chi connectivity index (χ4v) is 1.73.